The number of aliphatic hydroxyl groups excluding tert-OH is 2. The highest BCUT2D eigenvalue weighted by Crippen LogP contribution is 2.31. The molecular weight excluding hydrogens is 630 g/mol. The largest absolute Gasteiger partial charge is 0.490 e. The van der Waals surface area contributed by atoms with Crippen LogP contribution in [0, 0.1) is 6.92 Å². The van der Waals surface area contributed by atoms with Crippen molar-refractivity contribution in [3.05, 3.63) is 87.5 Å². The van der Waals surface area contributed by atoms with Gasteiger partial charge >= 0.3 is 5.97 Å². The molecule has 0 radical (unpaired) electrons. The fourth-order valence-electron chi connectivity index (χ4n) is 5.12. The van der Waals surface area contributed by atoms with Crippen molar-refractivity contribution in [3.63, 3.8) is 0 Å². The summed E-state index contributed by atoms with van der Waals surface area (Å²) in [6.45, 7) is 7.30. The zero-order chi connectivity index (χ0) is 35.9. The van der Waals surface area contributed by atoms with E-state index in [2.05, 4.69) is 22.4 Å². The average Bonchev–Trinajstić information content (AvgIpc) is 3.60. The van der Waals surface area contributed by atoms with Crippen molar-refractivity contribution < 1.29 is 43.8 Å². The third-order valence-electron chi connectivity index (χ3n) is 7.39. The molecule has 0 bridgehead atoms. The van der Waals surface area contributed by atoms with E-state index in [0.29, 0.717) is 46.9 Å². The normalized spacial score (nSPS) is 11.2. The first kappa shape index (κ1) is 38.2. The van der Waals surface area contributed by atoms with Gasteiger partial charge in [-0.05, 0) is 97.0 Å². The third-order valence-corrected chi connectivity index (χ3v) is 7.39. The number of nitrogens with one attached hydrogen (secondary N) is 1. The van der Waals surface area contributed by atoms with Crippen LogP contribution >= 0.6 is 0 Å². The molecular formula is C37H43N3O9. The second-order valence-corrected chi connectivity index (χ2v) is 11.5. The number of carboxylic acid groups (broad SMARTS) is 1. The minimum atomic E-state index is -0.994. The number of amides is 1. The van der Waals surface area contributed by atoms with Crippen molar-refractivity contribution in [1.29, 1.82) is 0 Å². The van der Waals surface area contributed by atoms with Crippen LogP contribution < -0.4 is 10.1 Å². The van der Waals surface area contributed by atoms with Crippen LogP contribution in [0.1, 0.15) is 86.9 Å². The summed E-state index contributed by atoms with van der Waals surface area (Å²) in [6.07, 6.45) is 4.77. The minimum Gasteiger partial charge on any atom is -0.490 e. The molecule has 0 saturated heterocycles. The monoisotopic (exact) mass is 673 g/mol. The van der Waals surface area contributed by atoms with Crippen LogP contribution in [0.3, 0.4) is 0 Å². The molecule has 1 aromatic heterocycles. The van der Waals surface area contributed by atoms with Crippen molar-refractivity contribution in [2.45, 2.75) is 65.9 Å². The minimum absolute atomic E-state index is 0.0155. The molecule has 0 aliphatic rings. The molecule has 12 nitrogen and oxygen atoms in total. The zero-order valence-electron chi connectivity index (χ0n) is 28.2. The molecule has 260 valence electrons. The Morgan fingerprint density at radius 3 is 2.16 bits per heavy atom. The predicted molar refractivity (Wildman–Crippen MR) is 183 cm³/mol. The van der Waals surface area contributed by atoms with E-state index in [1.54, 1.807) is 18.2 Å². The van der Waals surface area contributed by atoms with Gasteiger partial charge in [0.05, 0.1) is 5.56 Å². The van der Waals surface area contributed by atoms with Gasteiger partial charge in [-0.2, -0.15) is 4.98 Å². The number of aromatic nitrogens is 2. The number of aldehydes is 2. The van der Waals surface area contributed by atoms with Gasteiger partial charge in [-0.25, -0.2) is 4.79 Å². The van der Waals surface area contributed by atoms with Gasteiger partial charge in [0.1, 0.15) is 37.6 Å². The average molecular weight is 674 g/mol. The van der Waals surface area contributed by atoms with Gasteiger partial charge in [0.2, 0.25) is 11.7 Å². The number of benzene rings is 3. The Morgan fingerprint density at radius 2 is 1.57 bits per heavy atom. The number of rotatable bonds is 16. The highest BCUT2D eigenvalue weighted by atomic mass is 16.5. The maximum absolute atomic E-state index is 11.4. The van der Waals surface area contributed by atoms with E-state index in [1.165, 1.54) is 6.07 Å². The zero-order valence-corrected chi connectivity index (χ0v) is 28.2. The van der Waals surface area contributed by atoms with Gasteiger partial charge in [-0.3, -0.25) is 14.4 Å². The van der Waals surface area contributed by atoms with E-state index < -0.39 is 24.6 Å². The number of hydrogen-bond acceptors (Lipinski definition) is 10. The number of nitrogens with zero attached hydrogens (tertiary/aromatic N) is 2. The Hall–Kier alpha value is -5.20. The summed E-state index contributed by atoms with van der Waals surface area (Å²) in [5.41, 5.74) is 6.31. The lowest BCUT2D eigenvalue weighted by atomic mass is 10.0. The van der Waals surface area contributed by atoms with Crippen molar-refractivity contribution in [2.75, 3.05) is 19.8 Å². The smallest absolute Gasteiger partial charge is 0.335 e. The number of hydrogen-bond donors (Lipinski definition) is 4. The van der Waals surface area contributed by atoms with E-state index in [-0.39, 0.29) is 18.7 Å². The molecule has 4 rings (SSSR count). The summed E-state index contributed by atoms with van der Waals surface area (Å²) in [5.74, 6) is -0.144. The van der Waals surface area contributed by atoms with E-state index >= 15 is 0 Å². The maximum atomic E-state index is 11.4. The molecule has 0 unspecified atom stereocenters. The molecule has 4 aromatic rings. The second kappa shape index (κ2) is 19.0. The van der Waals surface area contributed by atoms with Crippen molar-refractivity contribution >= 4 is 24.4 Å². The van der Waals surface area contributed by atoms with Gasteiger partial charge in [0.15, 0.2) is 0 Å². The highest BCUT2D eigenvalue weighted by molar-refractivity contribution is 5.90. The summed E-state index contributed by atoms with van der Waals surface area (Å²) < 4.78 is 11.4. The van der Waals surface area contributed by atoms with Crippen LogP contribution in [-0.4, -0.2) is 75.8 Å². The molecule has 0 spiro atoms. The second-order valence-electron chi connectivity index (χ2n) is 11.5. The fraction of sp³-hybridized carbons (Fsp3) is 0.351. The van der Waals surface area contributed by atoms with Gasteiger partial charge in [0, 0.05) is 28.8 Å². The van der Waals surface area contributed by atoms with Crippen LogP contribution in [-0.2, 0) is 24.1 Å². The van der Waals surface area contributed by atoms with Gasteiger partial charge < -0.3 is 29.9 Å². The molecule has 4 N–H and O–H groups in total. The first-order chi connectivity index (χ1) is 23.5. The summed E-state index contributed by atoms with van der Waals surface area (Å²) in [7, 11) is 0. The number of aryl methyl sites for hydroxylation is 4. The summed E-state index contributed by atoms with van der Waals surface area (Å²) in [5, 5.41) is 34.2. The summed E-state index contributed by atoms with van der Waals surface area (Å²) in [6, 6.07) is 14.1. The van der Waals surface area contributed by atoms with Crippen LogP contribution in [0.5, 0.6) is 5.75 Å². The molecule has 0 saturated carbocycles. The standard InChI is InChI=1S/C26H31N3O6.C11H12O3/c1-4-6-17-8-18(13-30)10-21(9-17)26-28-25(29-35-26)20-7-16(3)24(19(5-2)11-20)34-15-22(32)12-27-23(33)14-31;1-2-3-8-4-9(7-12)6-10(5-8)11(13)14/h7-11,13,22,31-32H,4-6,12,14-15H2,1-3H3,(H,27,33);4-7H,2-3H2,1H3,(H,13,14)/t22-;/m0./s1. The van der Waals surface area contributed by atoms with E-state index in [0.717, 1.165) is 59.8 Å². The number of ether oxygens (including phenoxy) is 1. The van der Waals surface area contributed by atoms with Gasteiger partial charge in [0.25, 0.3) is 5.89 Å². The molecule has 12 heteroatoms. The van der Waals surface area contributed by atoms with Crippen LogP contribution in [0.2, 0.25) is 0 Å². The first-order valence-electron chi connectivity index (χ1n) is 16.1. The molecule has 0 fully saturated rings. The molecule has 0 aliphatic carbocycles. The SMILES string of the molecule is CCCc1cc(C=O)cc(-c2nc(-c3cc(C)c(OC[C@@H](O)CNC(=O)CO)c(CC)c3)no2)c1.CCCc1cc(C=O)cc(C(=O)O)c1. The van der Waals surface area contributed by atoms with E-state index in [4.69, 9.17) is 19.5 Å². The van der Waals surface area contributed by atoms with Gasteiger partial charge in [-0.1, -0.05) is 38.8 Å². The third kappa shape index (κ3) is 11.2. The van der Waals surface area contributed by atoms with Crippen LogP contribution in [0.4, 0.5) is 0 Å². The quantitative estimate of drug-likeness (QED) is 0.117. The molecule has 3 aromatic carbocycles. The lowest BCUT2D eigenvalue weighted by molar-refractivity contribution is -0.124. The van der Waals surface area contributed by atoms with Crippen LogP contribution in [0.25, 0.3) is 22.8 Å². The van der Waals surface area contributed by atoms with Crippen molar-refractivity contribution in [1.82, 2.24) is 15.5 Å². The molecule has 0 aliphatic heterocycles. The number of carbonyl (C=O) groups is 4. The summed E-state index contributed by atoms with van der Waals surface area (Å²) in [4.78, 5) is 48.3. The highest BCUT2D eigenvalue weighted by Gasteiger charge is 2.17. The van der Waals surface area contributed by atoms with Crippen LogP contribution in [0.15, 0.2) is 53.1 Å². The number of aromatic carboxylic acids is 1. The Labute approximate surface area is 285 Å². The predicted octanol–water partition coefficient (Wildman–Crippen LogP) is 5.04. The topological polar surface area (TPSA) is 189 Å². The Kier molecular flexibility index (Phi) is 14.8. The maximum Gasteiger partial charge on any atom is 0.335 e. The van der Waals surface area contributed by atoms with Crippen molar-refractivity contribution in [3.8, 4) is 28.6 Å². The fourth-order valence-corrected chi connectivity index (χ4v) is 5.12. The molecule has 1 heterocycles. The molecule has 49 heavy (non-hydrogen) atoms. The van der Waals surface area contributed by atoms with E-state index in [9.17, 15) is 24.3 Å². The summed E-state index contributed by atoms with van der Waals surface area (Å²) >= 11 is 0. The number of carbonyl (C=O) groups excluding carboxylic acids is 3. The number of carboxylic acids is 1. The lowest BCUT2D eigenvalue weighted by Gasteiger charge is -2.17. The van der Waals surface area contributed by atoms with Gasteiger partial charge in [-0.15, -0.1) is 0 Å². The Morgan fingerprint density at radius 1 is 0.918 bits per heavy atom. The van der Waals surface area contributed by atoms with E-state index in [1.807, 2.05) is 45.0 Å². The van der Waals surface area contributed by atoms with Crippen molar-refractivity contribution in [2.24, 2.45) is 0 Å². The molecule has 1 amide bonds. The lowest BCUT2D eigenvalue weighted by Crippen LogP contribution is -2.36. The first-order valence-corrected chi connectivity index (χ1v) is 16.1. The Bertz CT molecular complexity index is 1750. The Balaban J connectivity index is 0.000000388. The number of aliphatic hydroxyl groups is 2. The molecule has 1 atom stereocenters.